The molecule has 0 unspecified atom stereocenters. The van der Waals surface area contributed by atoms with Crippen LogP contribution in [0.2, 0.25) is 0 Å². The number of nitrogens with zero attached hydrogens (tertiary/aromatic N) is 2. The smallest absolute Gasteiger partial charge is 0.251 e. The molecule has 1 aliphatic rings. The first kappa shape index (κ1) is 18.8. The van der Waals surface area contributed by atoms with Crippen LogP contribution in [0.1, 0.15) is 11.1 Å². The molecule has 1 heterocycles. The van der Waals surface area contributed by atoms with Crippen molar-refractivity contribution in [3.63, 3.8) is 0 Å². The Morgan fingerprint density at radius 3 is 2.65 bits per heavy atom. The number of hydrogen-bond acceptors (Lipinski definition) is 3. The molecule has 0 spiro atoms. The lowest BCUT2D eigenvalue weighted by atomic mass is 10.2. The second kappa shape index (κ2) is 7.34. The minimum Gasteiger partial charge on any atom is -0.308 e. The van der Waals surface area contributed by atoms with Crippen molar-refractivity contribution in [3.05, 3.63) is 64.1 Å². The first-order valence-electron chi connectivity index (χ1n) is 8.09. The number of benzene rings is 2. The Balaban J connectivity index is 1.82. The fourth-order valence-electron chi connectivity index (χ4n) is 2.85. The van der Waals surface area contributed by atoms with Gasteiger partial charge in [-0.05, 0) is 54.0 Å². The number of rotatable bonds is 4. The van der Waals surface area contributed by atoms with E-state index >= 15 is 0 Å². The van der Waals surface area contributed by atoms with Crippen molar-refractivity contribution in [1.82, 2.24) is 4.31 Å². The minimum absolute atomic E-state index is 0.119. The molecule has 2 aromatic rings. The molecule has 0 saturated heterocycles. The summed E-state index contributed by atoms with van der Waals surface area (Å²) in [5, 5.41) is 0. The van der Waals surface area contributed by atoms with Gasteiger partial charge in [-0.15, -0.1) is 0 Å². The SMILES string of the molecule is CN(C)S(=O)(=O)c1ccc2c(c1)CCN2C(=O)C=Cc1cccc(Br)c1. The van der Waals surface area contributed by atoms with Gasteiger partial charge in [0.25, 0.3) is 5.91 Å². The summed E-state index contributed by atoms with van der Waals surface area (Å²) in [6.45, 7) is 0.544. The molecular weight excluding hydrogens is 416 g/mol. The largest absolute Gasteiger partial charge is 0.308 e. The van der Waals surface area contributed by atoms with E-state index in [0.717, 1.165) is 21.3 Å². The Kier molecular flexibility index (Phi) is 5.32. The second-order valence-electron chi connectivity index (χ2n) is 6.21. The van der Waals surface area contributed by atoms with E-state index in [1.54, 1.807) is 35.3 Å². The number of carbonyl (C=O) groups excluding carboxylic acids is 1. The standard InChI is InChI=1S/C19H19BrN2O3S/c1-21(2)26(24,25)17-7-8-18-15(13-17)10-11-22(18)19(23)9-6-14-4-3-5-16(20)12-14/h3-9,12-13H,10-11H2,1-2H3. The Morgan fingerprint density at radius 1 is 1.19 bits per heavy atom. The fourth-order valence-corrected chi connectivity index (χ4v) is 4.22. The number of amides is 1. The molecule has 0 fully saturated rings. The maximum Gasteiger partial charge on any atom is 0.251 e. The molecule has 136 valence electrons. The van der Waals surface area contributed by atoms with Crippen LogP contribution in [0.15, 0.2) is 57.9 Å². The van der Waals surface area contributed by atoms with Gasteiger partial charge in [-0.2, -0.15) is 0 Å². The van der Waals surface area contributed by atoms with Crippen LogP contribution >= 0.6 is 15.9 Å². The van der Waals surface area contributed by atoms with Crippen molar-refractivity contribution < 1.29 is 13.2 Å². The number of fused-ring (bicyclic) bond motifs is 1. The van der Waals surface area contributed by atoms with Crippen LogP contribution in [0.4, 0.5) is 5.69 Å². The Hall–Kier alpha value is -1.96. The van der Waals surface area contributed by atoms with Crippen LogP contribution in [-0.4, -0.2) is 39.3 Å². The molecule has 3 rings (SSSR count). The number of hydrogen-bond donors (Lipinski definition) is 0. The van der Waals surface area contributed by atoms with Gasteiger partial charge in [-0.3, -0.25) is 4.79 Å². The molecule has 0 saturated carbocycles. The lowest BCUT2D eigenvalue weighted by Crippen LogP contribution is -2.27. The molecule has 0 bridgehead atoms. The highest BCUT2D eigenvalue weighted by atomic mass is 79.9. The molecule has 5 nitrogen and oxygen atoms in total. The molecule has 0 aliphatic carbocycles. The Morgan fingerprint density at radius 2 is 1.96 bits per heavy atom. The number of sulfonamides is 1. The van der Waals surface area contributed by atoms with E-state index in [2.05, 4.69) is 15.9 Å². The summed E-state index contributed by atoms with van der Waals surface area (Å²) in [5.41, 5.74) is 2.57. The molecular formula is C19H19BrN2O3S. The van der Waals surface area contributed by atoms with Crippen molar-refractivity contribution in [1.29, 1.82) is 0 Å². The summed E-state index contributed by atoms with van der Waals surface area (Å²) in [5.74, 6) is -0.119. The lowest BCUT2D eigenvalue weighted by molar-refractivity contribution is -0.114. The highest BCUT2D eigenvalue weighted by Crippen LogP contribution is 2.31. The molecule has 0 radical (unpaired) electrons. The first-order chi connectivity index (χ1) is 12.3. The van der Waals surface area contributed by atoms with Crippen LogP contribution in [0.25, 0.3) is 6.08 Å². The van der Waals surface area contributed by atoms with Crippen LogP contribution in [0.3, 0.4) is 0 Å². The van der Waals surface area contributed by atoms with E-state index in [1.165, 1.54) is 18.4 Å². The molecule has 2 aromatic carbocycles. The maximum atomic E-state index is 12.6. The van der Waals surface area contributed by atoms with E-state index in [0.29, 0.717) is 13.0 Å². The lowest BCUT2D eigenvalue weighted by Gasteiger charge is -2.16. The van der Waals surface area contributed by atoms with Crippen molar-refractivity contribution in [2.45, 2.75) is 11.3 Å². The molecule has 1 amide bonds. The van der Waals surface area contributed by atoms with Gasteiger partial charge in [0, 0.05) is 36.9 Å². The number of halogens is 1. The van der Waals surface area contributed by atoms with Crippen molar-refractivity contribution in [2.24, 2.45) is 0 Å². The zero-order chi connectivity index (χ0) is 18.9. The quantitative estimate of drug-likeness (QED) is 0.693. The van der Waals surface area contributed by atoms with Gasteiger partial charge in [0.05, 0.1) is 4.90 Å². The van der Waals surface area contributed by atoms with Crippen LogP contribution in [-0.2, 0) is 21.2 Å². The third-order valence-electron chi connectivity index (χ3n) is 4.26. The summed E-state index contributed by atoms with van der Waals surface area (Å²) in [7, 11) is -0.465. The predicted molar refractivity (Wildman–Crippen MR) is 107 cm³/mol. The normalized spacial score (nSPS) is 14.2. The zero-order valence-electron chi connectivity index (χ0n) is 14.5. The molecule has 1 aliphatic heterocycles. The van der Waals surface area contributed by atoms with Gasteiger partial charge in [0.15, 0.2) is 0 Å². The second-order valence-corrected chi connectivity index (χ2v) is 9.27. The third kappa shape index (κ3) is 3.75. The van der Waals surface area contributed by atoms with Gasteiger partial charge in [-0.1, -0.05) is 28.1 Å². The van der Waals surface area contributed by atoms with Crippen LogP contribution < -0.4 is 4.90 Å². The summed E-state index contributed by atoms with van der Waals surface area (Å²) < 4.78 is 26.7. The molecule has 0 aromatic heterocycles. The third-order valence-corrected chi connectivity index (χ3v) is 6.56. The van der Waals surface area contributed by atoms with Gasteiger partial charge in [0.1, 0.15) is 0 Å². The average molecular weight is 435 g/mol. The first-order valence-corrected chi connectivity index (χ1v) is 10.3. The average Bonchev–Trinajstić information content (AvgIpc) is 3.03. The number of carbonyl (C=O) groups is 1. The van der Waals surface area contributed by atoms with E-state index < -0.39 is 10.0 Å². The Bertz CT molecular complexity index is 984. The van der Waals surface area contributed by atoms with E-state index in [-0.39, 0.29) is 10.8 Å². The molecule has 0 N–H and O–H groups in total. The predicted octanol–water partition coefficient (Wildman–Crippen LogP) is 3.30. The van der Waals surface area contributed by atoms with Gasteiger partial charge >= 0.3 is 0 Å². The van der Waals surface area contributed by atoms with Gasteiger partial charge in [0.2, 0.25) is 10.0 Å². The van der Waals surface area contributed by atoms with Crippen LogP contribution in [0, 0.1) is 0 Å². The van der Waals surface area contributed by atoms with Crippen molar-refractivity contribution >= 4 is 43.6 Å². The van der Waals surface area contributed by atoms with Crippen molar-refractivity contribution in [2.75, 3.05) is 25.5 Å². The highest BCUT2D eigenvalue weighted by molar-refractivity contribution is 9.10. The monoisotopic (exact) mass is 434 g/mol. The summed E-state index contributed by atoms with van der Waals surface area (Å²) in [4.78, 5) is 14.5. The van der Waals surface area contributed by atoms with Gasteiger partial charge in [-0.25, -0.2) is 12.7 Å². The minimum atomic E-state index is -3.48. The zero-order valence-corrected chi connectivity index (χ0v) is 16.9. The fraction of sp³-hybridized carbons (Fsp3) is 0.211. The summed E-state index contributed by atoms with van der Waals surface area (Å²) in [6.07, 6.45) is 3.96. The molecule has 26 heavy (non-hydrogen) atoms. The Labute approximate surface area is 162 Å². The van der Waals surface area contributed by atoms with Gasteiger partial charge < -0.3 is 4.90 Å². The summed E-state index contributed by atoms with van der Waals surface area (Å²) >= 11 is 3.41. The highest BCUT2D eigenvalue weighted by Gasteiger charge is 2.26. The van der Waals surface area contributed by atoms with E-state index in [9.17, 15) is 13.2 Å². The number of anilines is 1. The van der Waals surface area contributed by atoms with Crippen molar-refractivity contribution in [3.8, 4) is 0 Å². The maximum absolute atomic E-state index is 12.6. The summed E-state index contributed by atoms with van der Waals surface area (Å²) in [6, 6.07) is 12.6. The molecule has 0 atom stereocenters. The van der Waals surface area contributed by atoms with Crippen LogP contribution in [0.5, 0.6) is 0 Å². The van der Waals surface area contributed by atoms with E-state index in [4.69, 9.17) is 0 Å². The van der Waals surface area contributed by atoms with E-state index in [1.807, 2.05) is 24.3 Å². The topological polar surface area (TPSA) is 57.7 Å². The molecule has 7 heteroatoms.